The summed E-state index contributed by atoms with van der Waals surface area (Å²) < 4.78 is 1.66. The van der Waals surface area contributed by atoms with Gasteiger partial charge in [0, 0.05) is 12.1 Å². The summed E-state index contributed by atoms with van der Waals surface area (Å²) in [7, 11) is 0. The predicted octanol–water partition coefficient (Wildman–Crippen LogP) is 5.31. The van der Waals surface area contributed by atoms with Crippen molar-refractivity contribution in [3.63, 3.8) is 0 Å². The van der Waals surface area contributed by atoms with E-state index in [1.54, 1.807) is 15.5 Å². The number of carbonyl (C=O) groups excluding carboxylic acids is 1. The van der Waals surface area contributed by atoms with Gasteiger partial charge in [-0.1, -0.05) is 55.0 Å². The van der Waals surface area contributed by atoms with Crippen molar-refractivity contribution >= 4 is 16.8 Å². The lowest BCUT2D eigenvalue weighted by Crippen LogP contribution is -2.38. The fourth-order valence-corrected chi connectivity index (χ4v) is 4.11. The highest BCUT2D eigenvalue weighted by molar-refractivity contribution is 5.94. The van der Waals surface area contributed by atoms with Gasteiger partial charge in [-0.2, -0.15) is 0 Å². The molecule has 162 valence electrons. The number of carbonyl (C=O) groups is 1. The molecule has 3 aromatic carbocycles. The maximum absolute atomic E-state index is 13.6. The molecule has 0 saturated heterocycles. The van der Waals surface area contributed by atoms with Gasteiger partial charge >= 0.3 is 0 Å². The number of aromatic nitrogens is 2. The number of amides is 1. The third kappa shape index (κ3) is 3.94. The standard InChI is InChI=1S/C27H27N3O2/c1-4-24(29(5-2)26(31)20-11-7-6-8-12-20)25-28-23-14-10-9-13-22(23)27(32)30(25)21-17-15-19(3)16-18-21/h6-18,24H,4-5H2,1-3H3. The molecule has 5 nitrogen and oxygen atoms in total. The fourth-order valence-electron chi connectivity index (χ4n) is 4.11. The smallest absolute Gasteiger partial charge is 0.266 e. The molecule has 4 rings (SSSR count). The van der Waals surface area contributed by atoms with E-state index in [2.05, 4.69) is 0 Å². The van der Waals surface area contributed by atoms with Gasteiger partial charge in [0.1, 0.15) is 5.82 Å². The van der Waals surface area contributed by atoms with Crippen molar-refractivity contribution in [3.05, 3.63) is 106 Å². The molecule has 1 atom stereocenters. The Hall–Kier alpha value is -3.73. The zero-order chi connectivity index (χ0) is 22.7. The minimum absolute atomic E-state index is 0.0715. The van der Waals surface area contributed by atoms with Gasteiger partial charge in [-0.15, -0.1) is 0 Å². The van der Waals surface area contributed by atoms with Crippen molar-refractivity contribution in [2.24, 2.45) is 0 Å². The Labute approximate surface area is 188 Å². The third-order valence-electron chi connectivity index (χ3n) is 5.78. The molecule has 0 radical (unpaired) electrons. The van der Waals surface area contributed by atoms with Crippen molar-refractivity contribution in [3.8, 4) is 5.69 Å². The summed E-state index contributed by atoms with van der Waals surface area (Å²) >= 11 is 0. The predicted molar refractivity (Wildman–Crippen MR) is 128 cm³/mol. The van der Waals surface area contributed by atoms with E-state index in [0.29, 0.717) is 35.3 Å². The Morgan fingerprint density at radius 3 is 2.25 bits per heavy atom. The van der Waals surface area contributed by atoms with Gasteiger partial charge in [0.05, 0.1) is 22.6 Å². The second-order valence-corrected chi connectivity index (χ2v) is 7.84. The number of rotatable bonds is 6. The summed E-state index contributed by atoms with van der Waals surface area (Å²) in [6.45, 7) is 6.49. The minimum atomic E-state index is -0.355. The average molecular weight is 426 g/mol. The highest BCUT2D eigenvalue weighted by Gasteiger charge is 2.28. The van der Waals surface area contributed by atoms with Crippen LogP contribution in [-0.4, -0.2) is 26.9 Å². The van der Waals surface area contributed by atoms with Crippen molar-refractivity contribution in [2.45, 2.75) is 33.2 Å². The zero-order valence-electron chi connectivity index (χ0n) is 18.7. The fraction of sp³-hybridized carbons (Fsp3) is 0.222. The van der Waals surface area contributed by atoms with Crippen molar-refractivity contribution in [2.75, 3.05) is 6.54 Å². The Morgan fingerprint density at radius 1 is 0.938 bits per heavy atom. The first-order valence-electron chi connectivity index (χ1n) is 11.0. The summed E-state index contributed by atoms with van der Waals surface area (Å²) in [6.07, 6.45) is 0.628. The Balaban J connectivity index is 1.94. The molecule has 0 spiro atoms. The molecule has 0 aliphatic carbocycles. The molecule has 4 aromatic rings. The van der Waals surface area contributed by atoms with E-state index < -0.39 is 0 Å². The van der Waals surface area contributed by atoms with Crippen molar-refractivity contribution in [1.29, 1.82) is 0 Å². The number of fused-ring (bicyclic) bond motifs is 1. The molecule has 1 unspecified atom stereocenters. The summed E-state index contributed by atoms with van der Waals surface area (Å²) in [4.78, 5) is 33.7. The molecule has 0 N–H and O–H groups in total. The molecule has 1 amide bonds. The summed E-state index contributed by atoms with van der Waals surface area (Å²) in [5.74, 6) is 0.504. The first-order chi connectivity index (χ1) is 15.5. The van der Waals surface area contributed by atoms with Crippen LogP contribution in [0.5, 0.6) is 0 Å². The van der Waals surface area contributed by atoms with Gasteiger partial charge in [0.2, 0.25) is 0 Å². The second kappa shape index (κ2) is 9.18. The van der Waals surface area contributed by atoms with Crippen LogP contribution in [-0.2, 0) is 0 Å². The van der Waals surface area contributed by atoms with Crippen LogP contribution in [0.4, 0.5) is 0 Å². The molecule has 1 aromatic heterocycles. The van der Waals surface area contributed by atoms with E-state index in [4.69, 9.17) is 4.98 Å². The van der Waals surface area contributed by atoms with Crippen LogP contribution in [0, 0.1) is 6.92 Å². The lowest BCUT2D eigenvalue weighted by atomic mass is 10.1. The number of aryl methyl sites for hydroxylation is 1. The number of hydrogen-bond donors (Lipinski definition) is 0. The Kier molecular flexibility index (Phi) is 6.17. The summed E-state index contributed by atoms with van der Waals surface area (Å²) in [5.41, 5.74) is 2.99. The Bertz CT molecular complexity index is 1290. The van der Waals surface area contributed by atoms with Crippen LogP contribution >= 0.6 is 0 Å². The van der Waals surface area contributed by atoms with Crippen molar-refractivity contribution in [1.82, 2.24) is 14.5 Å². The number of para-hydroxylation sites is 1. The maximum Gasteiger partial charge on any atom is 0.266 e. The third-order valence-corrected chi connectivity index (χ3v) is 5.78. The number of nitrogens with zero attached hydrogens (tertiary/aromatic N) is 3. The van der Waals surface area contributed by atoms with Gasteiger partial charge in [0.25, 0.3) is 11.5 Å². The van der Waals surface area contributed by atoms with Crippen LogP contribution < -0.4 is 5.56 Å². The maximum atomic E-state index is 13.6. The summed E-state index contributed by atoms with van der Waals surface area (Å²) in [5, 5.41) is 0.559. The molecular weight excluding hydrogens is 398 g/mol. The SMILES string of the molecule is CCC(c1nc2ccccc2c(=O)n1-c1ccc(C)cc1)N(CC)C(=O)c1ccccc1. The molecule has 5 heteroatoms. The molecule has 0 aliphatic heterocycles. The molecule has 0 saturated carbocycles. The van der Waals surface area contributed by atoms with Gasteiger partial charge < -0.3 is 4.90 Å². The van der Waals surface area contributed by atoms with Gasteiger partial charge in [-0.05, 0) is 56.7 Å². The molecule has 0 aliphatic rings. The first-order valence-corrected chi connectivity index (χ1v) is 11.0. The second-order valence-electron chi connectivity index (χ2n) is 7.84. The van der Waals surface area contributed by atoms with Crippen LogP contribution in [0.15, 0.2) is 83.7 Å². The zero-order valence-corrected chi connectivity index (χ0v) is 18.7. The topological polar surface area (TPSA) is 55.2 Å². The first kappa shape index (κ1) is 21.5. The van der Waals surface area contributed by atoms with E-state index in [9.17, 15) is 9.59 Å². The van der Waals surface area contributed by atoms with E-state index >= 15 is 0 Å². The Morgan fingerprint density at radius 2 is 1.59 bits per heavy atom. The van der Waals surface area contributed by atoms with E-state index in [1.165, 1.54) is 0 Å². The molecule has 0 fully saturated rings. The molecule has 32 heavy (non-hydrogen) atoms. The average Bonchev–Trinajstić information content (AvgIpc) is 2.83. The van der Waals surface area contributed by atoms with Gasteiger partial charge in [-0.25, -0.2) is 4.98 Å². The highest BCUT2D eigenvalue weighted by atomic mass is 16.2. The molecular formula is C27H27N3O2. The lowest BCUT2D eigenvalue weighted by Gasteiger charge is -2.31. The van der Waals surface area contributed by atoms with Crippen LogP contribution in [0.1, 0.15) is 48.1 Å². The van der Waals surface area contributed by atoms with E-state index in [1.807, 2.05) is 93.6 Å². The molecule has 0 bridgehead atoms. The largest absolute Gasteiger partial charge is 0.329 e. The van der Waals surface area contributed by atoms with Crippen LogP contribution in [0.2, 0.25) is 0 Å². The lowest BCUT2D eigenvalue weighted by molar-refractivity contribution is 0.0672. The van der Waals surface area contributed by atoms with E-state index in [-0.39, 0.29) is 17.5 Å². The van der Waals surface area contributed by atoms with E-state index in [0.717, 1.165) is 11.3 Å². The number of benzene rings is 3. The van der Waals surface area contributed by atoms with Crippen molar-refractivity contribution < 1.29 is 4.79 Å². The van der Waals surface area contributed by atoms with Crippen LogP contribution in [0.3, 0.4) is 0 Å². The number of hydrogen-bond acceptors (Lipinski definition) is 3. The van der Waals surface area contributed by atoms with Gasteiger partial charge in [-0.3, -0.25) is 14.2 Å². The summed E-state index contributed by atoms with van der Waals surface area (Å²) in [6, 6.07) is 24.1. The quantitative estimate of drug-likeness (QED) is 0.421. The normalized spacial score (nSPS) is 12.0. The highest BCUT2D eigenvalue weighted by Crippen LogP contribution is 2.27. The van der Waals surface area contributed by atoms with Gasteiger partial charge in [0.15, 0.2) is 0 Å². The minimum Gasteiger partial charge on any atom is -0.329 e. The molecule has 1 heterocycles. The monoisotopic (exact) mass is 425 g/mol. The van der Waals surface area contributed by atoms with Crippen LogP contribution in [0.25, 0.3) is 16.6 Å².